The number of para-hydroxylation sites is 2. The van der Waals surface area contributed by atoms with Gasteiger partial charge in [-0.25, -0.2) is 9.78 Å². The summed E-state index contributed by atoms with van der Waals surface area (Å²) in [5.41, 5.74) is 2.88. The molecule has 8 nitrogen and oxygen atoms in total. The second-order valence-electron chi connectivity index (χ2n) is 7.39. The summed E-state index contributed by atoms with van der Waals surface area (Å²) in [7, 11) is 5.17. The van der Waals surface area contributed by atoms with E-state index in [4.69, 9.17) is 9.72 Å². The van der Waals surface area contributed by atoms with Crippen LogP contribution in [0, 0.1) is 0 Å². The molecule has 0 saturated carbocycles. The fourth-order valence-corrected chi connectivity index (χ4v) is 3.39. The molecule has 3 amide bonds. The van der Waals surface area contributed by atoms with E-state index in [1.807, 2.05) is 44.2 Å². The highest BCUT2D eigenvalue weighted by Gasteiger charge is 2.18. The van der Waals surface area contributed by atoms with E-state index in [1.54, 1.807) is 38.2 Å². The fraction of sp³-hybridized carbons (Fsp3) is 0.348. The molecule has 0 bridgehead atoms. The van der Waals surface area contributed by atoms with Crippen LogP contribution in [0.4, 0.5) is 10.5 Å². The van der Waals surface area contributed by atoms with Crippen molar-refractivity contribution >= 4 is 28.7 Å². The van der Waals surface area contributed by atoms with Crippen LogP contribution in [0.3, 0.4) is 0 Å². The van der Waals surface area contributed by atoms with Gasteiger partial charge in [0.1, 0.15) is 11.6 Å². The summed E-state index contributed by atoms with van der Waals surface area (Å²) in [6.45, 7) is 5.47. The van der Waals surface area contributed by atoms with E-state index in [0.29, 0.717) is 36.7 Å². The highest BCUT2D eigenvalue weighted by molar-refractivity contribution is 5.97. The van der Waals surface area contributed by atoms with Crippen LogP contribution in [-0.4, -0.2) is 59.0 Å². The van der Waals surface area contributed by atoms with Gasteiger partial charge in [-0.1, -0.05) is 12.1 Å². The number of aromatic nitrogens is 2. The SMILES string of the molecule is CCOc1ccccc1NC(=O)N(C)Cc1nc2cc(C(=O)N(C)C)ccc2n1CC. The summed E-state index contributed by atoms with van der Waals surface area (Å²) in [6.07, 6.45) is 0. The quantitative estimate of drug-likeness (QED) is 0.627. The number of fused-ring (bicyclic) bond motifs is 1. The number of imidazole rings is 1. The lowest BCUT2D eigenvalue weighted by atomic mass is 10.2. The molecule has 0 aliphatic rings. The Morgan fingerprint density at radius 1 is 1.10 bits per heavy atom. The Hall–Kier alpha value is -3.55. The zero-order valence-electron chi connectivity index (χ0n) is 18.7. The van der Waals surface area contributed by atoms with Crippen molar-refractivity contribution in [3.8, 4) is 5.75 Å². The minimum Gasteiger partial charge on any atom is -0.492 e. The van der Waals surface area contributed by atoms with E-state index in [-0.39, 0.29) is 11.9 Å². The summed E-state index contributed by atoms with van der Waals surface area (Å²) < 4.78 is 7.63. The van der Waals surface area contributed by atoms with Crippen molar-refractivity contribution in [3.05, 3.63) is 53.9 Å². The molecule has 3 aromatic rings. The van der Waals surface area contributed by atoms with Crippen LogP contribution in [0.1, 0.15) is 30.0 Å². The number of benzene rings is 2. The van der Waals surface area contributed by atoms with Gasteiger partial charge in [0.25, 0.3) is 5.91 Å². The molecule has 8 heteroatoms. The third kappa shape index (κ3) is 4.79. The lowest BCUT2D eigenvalue weighted by Gasteiger charge is -2.19. The van der Waals surface area contributed by atoms with Crippen molar-refractivity contribution < 1.29 is 14.3 Å². The Balaban J connectivity index is 1.81. The molecule has 2 aromatic carbocycles. The maximum atomic E-state index is 12.8. The first-order valence-corrected chi connectivity index (χ1v) is 10.3. The average molecular weight is 424 g/mol. The Labute approximate surface area is 182 Å². The van der Waals surface area contributed by atoms with Crippen molar-refractivity contribution in [2.24, 2.45) is 0 Å². The van der Waals surface area contributed by atoms with Gasteiger partial charge in [0.15, 0.2) is 0 Å². The molecule has 164 valence electrons. The Morgan fingerprint density at radius 3 is 2.52 bits per heavy atom. The van der Waals surface area contributed by atoms with E-state index in [0.717, 1.165) is 16.9 Å². The third-order valence-electron chi connectivity index (χ3n) is 4.95. The summed E-state index contributed by atoms with van der Waals surface area (Å²) in [5, 5.41) is 2.90. The first-order chi connectivity index (χ1) is 14.8. The predicted molar refractivity (Wildman–Crippen MR) is 122 cm³/mol. The number of carbonyl (C=O) groups is 2. The average Bonchev–Trinajstić information content (AvgIpc) is 3.10. The molecular weight excluding hydrogens is 394 g/mol. The lowest BCUT2D eigenvalue weighted by molar-refractivity contribution is 0.0827. The number of amides is 3. The van der Waals surface area contributed by atoms with Crippen molar-refractivity contribution in [3.63, 3.8) is 0 Å². The molecule has 0 radical (unpaired) electrons. The molecule has 31 heavy (non-hydrogen) atoms. The first kappa shape index (κ1) is 22.1. The molecule has 0 aliphatic heterocycles. The van der Waals surface area contributed by atoms with Gasteiger partial charge in [0, 0.05) is 33.3 Å². The maximum absolute atomic E-state index is 12.8. The molecule has 0 atom stereocenters. The second-order valence-corrected chi connectivity index (χ2v) is 7.39. The van der Waals surface area contributed by atoms with Crippen LogP contribution in [0.25, 0.3) is 11.0 Å². The Morgan fingerprint density at radius 2 is 1.84 bits per heavy atom. The molecule has 3 rings (SSSR count). The number of hydrogen-bond donors (Lipinski definition) is 1. The standard InChI is InChI=1S/C23H29N5O3/c1-6-28-19-13-12-16(22(29)26(3)4)14-18(19)24-21(28)15-27(5)23(30)25-17-10-8-9-11-20(17)31-7-2/h8-14H,6-7,15H2,1-5H3,(H,25,30). The number of hydrogen-bond acceptors (Lipinski definition) is 4. The van der Waals surface area contributed by atoms with Crippen molar-refractivity contribution in [2.45, 2.75) is 26.9 Å². The van der Waals surface area contributed by atoms with Gasteiger partial charge in [-0.3, -0.25) is 4.79 Å². The molecule has 0 spiro atoms. The van der Waals surface area contributed by atoms with Crippen LogP contribution in [0.5, 0.6) is 5.75 Å². The highest BCUT2D eigenvalue weighted by Crippen LogP contribution is 2.24. The molecule has 0 fully saturated rings. The van der Waals surface area contributed by atoms with Crippen LogP contribution in [0.15, 0.2) is 42.5 Å². The van der Waals surface area contributed by atoms with Gasteiger partial charge >= 0.3 is 6.03 Å². The Bertz CT molecular complexity index is 1090. The number of carbonyl (C=O) groups excluding carboxylic acids is 2. The van der Waals surface area contributed by atoms with Gasteiger partial charge in [-0.05, 0) is 44.2 Å². The van der Waals surface area contributed by atoms with Crippen LogP contribution >= 0.6 is 0 Å². The van der Waals surface area contributed by atoms with Gasteiger partial charge < -0.3 is 24.4 Å². The van der Waals surface area contributed by atoms with E-state index in [1.165, 1.54) is 4.90 Å². The molecule has 1 heterocycles. The zero-order chi connectivity index (χ0) is 22.5. The van der Waals surface area contributed by atoms with Gasteiger partial charge in [-0.2, -0.15) is 0 Å². The number of aryl methyl sites for hydroxylation is 1. The first-order valence-electron chi connectivity index (χ1n) is 10.3. The lowest BCUT2D eigenvalue weighted by Crippen LogP contribution is -2.32. The van der Waals surface area contributed by atoms with Crippen molar-refractivity contribution in [2.75, 3.05) is 33.1 Å². The van der Waals surface area contributed by atoms with Gasteiger partial charge in [0.2, 0.25) is 0 Å². The summed E-state index contributed by atoms with van der Waals surface area (Å²) in [6, 6.07) is 12.6. The number of urea groups is 1. The monoisotopic (exact) mass is 423 g/mol. The van der Waals surface area contributed by atoms with Crippen molar-refractivity contribution in [1.82, 2.24) is 19.4 Å². The zero-order valence-corrected chi connectivity index (χ0v) is 18.7. The number of rotatable bonds is 7. The summed E-state index contributed by atoms with van der Waals surface area (Å²) >= 11 is 0. The van der Waals surface area contributed by atoms with Crippen molar-refractivity contribution in [1.29, 1.82) is 0 Å². The molecule has 1 N–H and O–H groups in total. The van der Waals surface area contributed by atoms with Crippen LogP contribution in [-0.2, 0) is 13.1 Å². The fourth-order valence-electron chi connectivity index (χ4n) is 3.39. The third-order valence-corrected chi connectivity index (χ3v) is 4.95. The molecule has 0 saturated heterocycles. The van der Waals surface area contributed by atoms with E-state index in [9.17, 15) is 9.59 Å². The number of ether oxygens (including phenoxy) is 1. The minimum atomic E-state index is -0.259. The van der Waals surface area contributed by atoms with Gasteiger partial charge in [0.05, 0.1) is 29.9 Å². The maximum Gasteiger partial charge on any atom is 0.322 e. The number of nitrogens with one attached hydrogen (secondary N) is 1. The molecule has 0 unspecified atom stereocenters. The number of anilines is 1. The summed E-state index contributed by atoms with van der Waals surface area (Å²) in [5.74, 6) is 1.31. The largest absolute Gasteiger partial charge is 0.492 e. The topological polar surface area (TPSA) is 79.7 Å². The van der Waals surface area contributed by atoms with Gasteiger partial charge in [-0.15, -0.1) is 0 Å². The Kier molecular flexibility index (Phi) is 6.79. The van der Waals surface area contributed by atoms with E-state index < -0.39 is 0 Å². The predicted octanol–water partition coefficient (Wildman–Crippen LogP) is 3.82. The van der Waals surface area contributed by atoms with E-state index >= 15 is 0 Å². The molecule has 0 aliphatic carbocycles. The second kappa shape index (κ2) is 9.51. The minimum absolute atomic E-state index is 0.0704. The normalized spacial score (nSPS) is 10.7. The smallest absolute Gasteiger partial charge is 0.322 e. The van der Waals surface area contributed by atoms with Crippen LogP contribution < -0.4 is 10.1 Å². The van der Waals surface area contributed by atoms with E-state index in [2.05, 4.69) is 9.88 Å². The highest BCUT2D eigenvalue weighted by atomic mass is 16.5. The molecule has 1 aromatic heterocycles. The van der Waals surface area contributed by atoms with Crippen LogP contribution in [0.2, 0.25) is 0 Å². The number of nitrogens with zero attached hydrogens (tertiary/aromatic N) is 4. The summed E-state index contributed by atoms with van der Waals surface area (Å²) in [4.78, 5) is 32.9. The molecular formula is C23H29N5O3.